The molecule has 2 aromatic carbocycles. The van der Waals surface area contributed by atoms with E-state index in [4.69, 9.17) is 0 Å². The Morgan fingerprint density at radius 1 is 0.844 bits per heavy atom. The fourth-order valence-corrected chi connectivity index (χ4v) is 4.97. The van der Waals surface area contributed by atoms with E-state index in [1.165, 1.54) is 48.8 Å². The van der Waals surface area contributed by atoms with Gasteiger partial charge in [-0.2, -0.15) is 0 Å². The van der Waals surface area contributed by atoms with Crippen LogP contribution in [0.5, 0.6) is 0 Å². The number of imide groups is 1. The highest BCUT2D eigenvalue weighted by atomic mass is 32.1. The van der Waals surface area contributed by atoms with E-state index in [9.17, 15) is 14.0 Å². The van der Waals surface area contributed by atoms with Crippen molar-refractivity contribution in [2.45, 2.75) is 19.3 Å². The number of halogens is 1. The zero-order valence-electron chi connectivity index (χ0n) is 17.4. The van der Waals surface area contributed by atoms with Gasteiger partial charge < -0.3 is 10.2 Å². The summed E-state index contributed by atoms with van der Waals surface area (Å²) >= 11 is 1.36. The maximum Gasteiger partial charge on any atom is 0.282 e. The van der Waals surface area contributed by atoms with Gasteiger partial charge in [0.05, 0.1) is 11.3 Å². The summed E-state index contributed by atoms with van der Waals surface area (Å²) in [5.74, 6) is -1.72. The summed E-state index contributed by atoms with van der Waals surface area (Å²) < 4.78 is 14.4. The predicted molar refractivity (Wildman–Crippen MR) is 126 cm³/mol. The first-order valence-corrected chi connectivity index (χ1v) is 11.5. The molecule has 0 aliphatic carbocycles. The Bertz CT molecular complexity index is 1180. The van der Waals surface area contributed by atoms with Crippen LogP contribution in [0.3, 0.4) is 0 Å². The number of carbonyl (C=O) groups is 2. The van der Waals surface area contributed by atoms with E-state index in [-0.39, 0.29) is 17.0 Å². The standard InChI is InChI=1S/C25H22FN3O2S/c26-19-7-2-3-8-20(19)29-24(30)22(21-9-6-16-32-21)23(25(29)31)27-17-10-12-18(13-11-17)28-14-4-1-5-15-28/h2-3,6-13,16,27H,1,4-5,14-15H2. The zero-order valence-corrected chi connectivity index (χ0v) is 18.2. The molecule has 0 radical (unpaired) electrons. The number of nitrogens with zero attached hydrogens (tertiary/aromatic N) is 2. The molecule has 1 N–H and O–H groups in total. The zero-order chi connectivity index (χ0) is 22.1. The van der Waals surface area contributed by atoms with E-state index in [1.807, 2.05) is 35.7 Å². The molecule has 3 aromatic rings. The highest BCUT2D eigenvalue weighted by molar-refractivity contribution is 7.11. The van der Waals surface area contributed by atoms with Crippen molar-refractivity contribution in [1.82, 2.24) is 0 Å². The van der Waals surface area contributed by atoms with Gasteiger partial charge in [-0.05, 0) is 67.1 Å². The summed E-state index contributed by atoms with van der Waals surface area (Å²) in [5.41, 5.74) is 2.21. The summed E-state index contributed by atoms with van der Waals surface area (Å²) in [6.45, 7) is 2.09. The van der Waals surface area contributed by atoms with Crippen molar-refractivity contribution in [3.8, 4) is 0 Å². The molecule has 5 nitrogen and oxygen atoms in total. The Hall–Kier alpha value is -3.45. The summed E-state index contributed by atoms with van der Waals surface area (Å²) in [4.78, 5) is 30.5. The molecule has 0 unspecified atom stereocenters. The van der Waals surface area contributed by atoms with Crippen LogP contribution in [0.15, 0.2) is 71.7 Å². The lowest BCUT2D eigenvalue weighted by Gasteiger charge is -2.28. The van der Waals surface area contributed by atoms with Crippen LogP contribution in [0.1, 0.15) is 24.1 Å². The topological polar surface area (TPSA) is 52.7 Å². The second-order valence-electron chi connectivity index (χ2n) is 7.84. The number of hydrogen-bond donors (Lipinski definition) is 1. The van der Waals surface area contributed by atoms with Crippen molar-refractivity contribution in [3.05, 3.63) is 82.4 Å². The van der Waals surface area contributed by atoms with Crippen LogP contribution in [0.25, 0.3) is 5.57 Å². The molecule has 2 aliphatic heterocycles. The largest absolute Gasteiger partial charge is 0.372 e. The van der Waals surface area contributed by atoms with Gasteiger partial charge in [-0.15, -0.1) is 11.3 Å². The van der Waals surface area contributed by atoms with E-state index in [0.29, 0.717) is 10.6 Å². The van der Waals surface area contributed by atoms with E-state index < -0.39 is 17.6 Å². The third kappa shape index (κ3) is 3.69. The Balaban J connectivity index is 1.48. The molecule has 32 heavy (non-hydrogen) atoms. The molecule has 1 saturated heterocycles. The summed E-state index contributed by atoms with van der Waals surface area (Å²) in [6, 6.07) is 17.3. The Morgan fingerprint density at radius 2 is 1.59 bits per heavy atom. The van der Waals surface area contributed by atoms with Crippen LogP contribution < -0.4 is 15.1 Å². The Kier molecular flexibility index (Phi) is 5.49. The highest BCUT2D eigenvalue weighted by Crippen LogP contribution is 2.36. The predicted octanol–water partition coefficient (Wildman–Crippen LogP) is 5.27. The minimum absolute atomic E-state index is 0.0474. The quantitative estimate of drug-likeness (QED) is 0.541. The van der Waals surface area contributed by atoms with Gasteiger partial charge in [0.15, 0.2) is 0 Å². The fraction of sp³-hybridized carbons (Fsp3) is 0.200. The molecule has 0 atom stereocenters. The SMILES string of the molecule is O=C1C(Nc2ccc(N3CCCCC3)cc2)=C(c2cccs2)C(=O)N1c1ccccc1F. The fourth-order valence-electron chi connectivity index (χ4n) is 4.20. The molecule has 7 heteroatoms. The number of benzene rings is 2. The molecule has 0 saturated carbocycles. The molecule has 3 heterocycles. The smallest absolute Gasteiger partial charge is 0.282 e. The number of piperidine rings is 1. The second kappa shape index (κ2) is 8.59. The van der Waals surface area contributed by atoms with Crippen LogP contribution >= 0.6 is 11.3 Å². The molecule has 1 fully saturated rings. The van der Waals surface area contributed by atoms with Crippen LogP contribution in [-0.2, 0) is 9.59 Å². The van der Waals surface area contributed by atoms with Crippen molar-refractivity contribution >= 4 is 45.8 Å². The lowest BCUT2D eigenvalue weighted by molar-refractivity contribution is -0.120. The van der Waals surface area contributed by atoms with Crippen molar-refractivity contribution in [2.24, 2.45) is 0 Å². The van der Waals surface area contributed by atoms with Crippen molar-refractivity contribution < 1.29 is 14.0 Å². The van der Waals surface area contributed by atoms with Crippen LogP contribution in [-0.4, -0.2) is 24.9 Å². The summed E-state index contributed by atoms with van der Waals surface area (Å²) in [7, 11) is 0. The maximum absolute atomic E-state index is 14.4. The molecule has 1 aromatic heterocycles. The summed E-state index contributed by atoms with van der Waals surface area (Å²) in [6.07, 6.45) is 3.66. The van der Waals surface area contributed by atoms with Gasteiger partial charge >= 0.3 is 0 Å². The molecule has 0 spiro atoms. The molecule has 162 valence electrons. The van der Waals surface area contributed by atoms with Gasteiger partial charge in [0.1, 0.15) is 11.5 Å². The normalized spacial score (nSPS) is 16.8. The third-order valence-electron chi connectivity index (χ3n) is 5.80. The maximum atomic E-state index is 14.4. The first-order chi connectivity index (χ1) is 15.6. The van der Waals surface area contributed by atoms with E-state index in [1.54, 1.807) is 12.1 Å². The second-order valence-corrected chi connectivity index (χ2v) is 8.79. The lowest BCUT2D eigenvalue weighted by Crippen LogP contribution is -2.33. The van der Waals surface area contributed by atoms with Gasteiger partial charge in [-0.3, -0.25) is 9.59 Å². The van der Waals surface area contributed by atoms with Crippen molar-refractivity contribution in [2.75, 3.05) is 28.2 Å². The minimum Gasteiger partial charge on any atom is -0.372 e. The number of rotatable bonds is 5. The van der Waals surface area contributed by atoms with Gasteiger partial charge in [-0.1, -0.05) is 18.2 Å². The van der Waals surface area contributed by atoms with Crippen LogP contribution in [0, 0.1) is 5.82 Å². The highest BCUT2D eigenvalue weighted by Gasteiger charge is 2.41. The molecule has 2 amide bonds. The number of amides is 2. The number of hydrogen-bond acceptors (Lipinski definition) is 5. The van der Waals surface area contributed by atoms with Gasteiger partial charge in [-0.25, -0.2) is 9.29 Å². The first-order valence-electron chi connectivity index (χ1n) is 10.7. The third-order valence-corrected chi connectivity index (χ3v) is 6.69. The molecule has 5 rings (SSSR count). The number of para-hydroxylation sites is 1. The lowest BCUT2D eigenvalue weighted by atomic mass is 10.1. The van der Waals surface area contributed by atoms with Crippen LogP contribution in [0.2, 0.25) is 0 Å². The number of nitrogens with one attached hydrogen (secondary N) is 1. The van der Waals surface area contributed by atoms with E-state index in [0.717, 1.165) is 23.7 Å². The minimum atomic E-state index is -0.619. The Morgan fingerprint density at radius 3 is 2.28 bits per heavy atom. The molecule has 0 bridgehead atoms. The van der Waals surface area contributed by atoms with Gasteiger partial charge in [0.2, 0.25) is 0 Å². The Labute approximate surface area is 189 Å². The number of anilines is 3. The van der Waals surface area contributed by atoms with E-state index >= 15 is 0 Å². The number of thiophene rings is 1. The first kappa shape index (κ1) is 20.5. The molecule has 2 aliphatic rings. The van der Waals surface area contributed by atoms with E-state index in [2.05, 4.69) is 10.2 Å². The average Bonchev–Trinajstić information content (AvgIpc) is 3.42. The van der Waals surface area contributed by atoms with Gasteiger partial charge in [0, 0.05) is 29.3 Å². The summed E-state index contributed by atoms with van der Waals surface area (Å²) in [5, 5.41) is 4.99. The monoisotopic (exact) mass is 447 g/mol. The van der Waals surface area contributed by atoms with Crippen LogP contribution in [0.4, 0.5) is 21.5 Å². The average molecular weight is 448 g/mol. The molecular weight excluding hydrogens is 425 g/mol. The van der Waals surface area contributed by atoms with Gasteiger partial charge in [0.25, 0.3) is 11.8 Å². The van der Waals surface area contributed by atoms with Crippen molar-refractivity contribution in [3.63, 3.8) is 0 Å². The number of carbonyl (C=O) groups excluding carboxylic acids is 2. The van der Waals surface area contributed by atoms with Crippen molar-refractivity contribution in [1.29, 1.82) is 0 Å². The molecular formula is C25H22FN3O2S.